The lowest BCUT2D eigenvalue weighted by Gasteiger charge is -2.32. The zero-order valence-electron chi connectivity index (χ0n) is 15.1. The van der Waals surface area contributed by atoms with Crippen LogP contribution in [0.1, 0.15) is 58.9 Å². The molecule has 25 heavy (non-hydrogen) atoms. The van der Waals surface area contributed by atoms with Crippen LogP contribution in [0.4, 0.5) is 13.2 Å². The van der Waals surface area contributed by atoms with Gasteiger partial charge in [-0.3, -0.25) is 4.74 Å². The molecular weight excluding hydrogens is 332 g/mol. The Bertz CT molecular complexity index is 621. The Morgan fingerprint density at radius 1 is 1.00 bits per heavy atom. The molecule has 2 aliphatic rings. The molecular formula is C18H24BF3O3. The third-order valence-electron chi connectivity index (χ3n) is 5.66. The van der Waals surface area contributed by atoms with E-state index in [0.717, 1.165) is 12.8 Å². The van der Waals surface area contributed by atoms with Gasteiger partial charge in [0.15, 0.2) is 0 Å². The second-order valence-corrected chi connectivity index (χ2v) is 7.96. The molecule has 1 aliphatic carbocycles. The Morgan fingerprint density at radius 3 is 2.08 bits per heavy atom. The maximum absolute atomic E-state index is 13.0. The molecule has 0 radical (unpaired) electrons. The van der Waals surface area contributed by atoms with Crippen molar-refractivity contribution in [3.8, 4) is 0 Å². The normalized spacial score (nSPS) is 24.7. The highest BCUT2D eigenvalue weighted by molar-refractivity contribution is 6.62. The lowest BCUT2D eigenvalue weighted by Crippen LogP contribution is -2.41. The summed E-state index contributed by atoms with van der Waals surface area (Å²) in [5, 5.41) is 0. The summed E-state index contributed by atoms with van der Waals surface area (Å²) >= 11 is 0. The van der Waals surface area contributed by atoms with E-state index in [2.05, 4.69) is 4.74 Å². The van der Waals surface area contributed by atoms with Gasteiger partial charge in [-0.25, -0.2) is 0 Å². The molecule has 0 N–H and O–H groups in total. The van der Waals surface area contributed by atoms with Crippen molar-refractivity contribution in [3.63, 3.8) is 0 Å². The molecule has 0 unspecified atom stereocenters. The average Bonchev–Trinajstić information content (AvgIpc) is 3.01. The predicted octanol–water partition coefficient (Wildman–Crippen LogP) is 4.29. The van der Waals surface area contributed by atoms with Crippen molar-refractivity contribution in [1.82, 2.24) is 0 Å². The molecule has 3 nitrogen and oxygen atoms in total. The van der Waals surface area contributed by atoms with Crippen LogP contribution in [0.5, 0.6) is 0 Å². The first kappa shape index (κ1) is 18.7. The first-order chi connectivity index (χ1) is 11.4. The average molecular weight is 356 g/mol. The molecule has 1 aromatic rings. The number of halogens is 3. The smallest absolute Gasteiger partial charge is 0.399 e. The van der Waals surface area contributed by atoms with Crippen LogP contribution in [-0.4, -0.2) is 24.7 Å². The van der Waals surface area contributed by atoms with Gasteiger partial charge in [0.2, 0.25) is 0 Å². The van der Waals surface area contributed by atoms with Crippen LogP contribution in [0.15, 0.2) is 24.3 Å². The summed E-state index contributed by atoms with van der Waals surface area (Å²) in [7, 11) is -0.603. The van der Waals surface area contributed by atoms with Crippen molar-refractivity contribution in [1.29, 1.82) is 0 Å². The van der Waals surface area contributed by atoms with Gasteiger partial charge >= 0.3 is 13.5 Å². The lowest BCUT2D eigenvalue weighted by atomic mass is 9.76. The number of alkyl halides is 3. The number of ether oxygens (including phenoxy) is 1. The highest BCUT2D eigenvalue weighted by Gasteiger charge is 2.52. The second-order valence-electron chi connectivity index (χ2n) is 7.96. The number of benzene rings is 1. The van der Waals surface area contributed by atoms with Crippen LogP contribution < -0.4 is 5.46 Å². The minimum atomic E-state index is -4.66. The van der Waals surface area contributed by atoms with Gasteiger partial charge in [-0.2, -0.15) is 0 Å². The molecule has 138 valence electrons. The zero-order valence-corrected chi connectivity index (χ0v) is 15.1. The van der Waals surface area contributed by atoms with Crippen molar-refractivity contribution in [2.24, 2.45) is 0 Å². The van der Waals surface area contributed by atoms with E-state index in [4.69, 9.17) is 9.31 Å². The Morgan fingerprint density at radius 2 is 1.56 bits per heavy atom. The Kier molecular flexibility index (Phi) is 4.49. The molecule has 1 aromatic carbocycles. The summed E-state index contributed by atoms with van der Waals surface area (Å²) < 4.78 is 55.5. The predicted molar refractivity (Wildman–Crippen MR) is 89.4 cm³/mol. The first-order valence-electron chi connectivity index (χ1n) is 8.67. The number of rotatable bonds is 3. The standard InChI is InChI=1S/C18H24BF3O3/c1-15(2)16(3,4)25-19(24-15)14-9-7-8-13(12-14)17(10-5-6-11-17)23-18(20,21)22/h7-9,12H,5-6,10-11H2,1-4H3. The molecule has 1 saturated heterocycles. The van der Waals surface area contributed by atoms with Crippen LogP contribution in [-0.2, 0) is 19.6 Å². The van der Waals surface area contributed by atoms with E-state index in [1.807, 2.05) is 33.8 Å². The molecule has 0 bridgehead atoms. The largest absolute Gasteiger partial charge is 0.523 e. The van der Waals surface area contributed by atoms with Crippen LogP contribution in [0, 0.1) is 0 Å². The second kappa shape index (κ2) is 6.00. The van der Waals surface area contributed by atoms with Crippen LogP contribution in [0.2, 0.25) is 0 Å². The van der Waals surface area contributed by atoms with Gasteiger partial charge in [-0.1, -0.05) is 37.1 Å². The topological polar surface area (TPSA) is 27.7 Å². The van der Waals surface area contributed by atoms with Crippen LogP contribution in [0.3, 0.4) is 0 Å². The van der Waals surface area contributed by atoms with E-state index in [-0.39, 0.29) is 0 Å². The van der Waals surface area contributed by atoms with Gasteiger partial charge in [0.05, 0.1) is 11.2 Å². The van der Waals surface area contributed by atoms with Crippen LogP contribution >= 0.6 is 0 Å². The van der Waals surface area contributed by atoms with Crippen LogP contribution in [0.25, 0.3) is 0 Å². The zero-order chi connectivity index (χ0) is 18.5. The van der Waals surface area contributed by atoms with Crippen molar-refractivity contribution < 1.29 is 27.2 Å². The molecule has 1 heterocycles. The van der Waals surface area contributed by atoms with Crippen molar-refractivity contribution >= 4 is 12.6 Å². The lowest BCUT2D eigenvalue weighted by molar-refractivity contribution is -0.370. The molecule has 0 atom stereocenters. The highest BCUT2D eigenvalue weighted by atomic mass is 19.4. The third kappa shape index (κ3) is 3.59. The minimum Gasteiger partial charge on any atom is -0.399 e. The molecule has 2 fully saturated rings. The molecule has 1 saturated carbocycles. The van der Waals surface area contributed by atoms with E-state index in [1.165, 1.54) is 0 Å². The Hall–Kier alpha value is -1.05. The fraction of sp³-hybridized carbons (Fsp3) is 0.667. The Balaban J connectivity index is 1.91. The molecule has 3 rings (SSSR count). The summed E-state index contributed by atoms with van der Waals surface area (Å²) in [6.07, 6.45) is -2.50. The van der Waals surface area contributed by atoms with Gasteiger partial charge in [0.25, 0.3) is 0 Å². The third-order valence-corrected chi connectivity index (χ3v) is 5.66. The summed E-state index contributed by atoms with van der Waals surface area (Å²) in [4.78, 5) is 0. The maximum atomic E-state index is 13.0. The summed E-state index contributed by atoms with van der Waals surface area (Å²) in [6.45, 7) is 7.79. The van der Waals surface area contributed by atoms with Gasteiger partial charge in [-0.05, 0) is 51.6 Å². The quantitative estimate of drug-likeness (QED) is 0.757. The summed E-state index contributed by atoms with van der Waals surface area (Å²) in [5.41, 5.74) is -1.05. The van der Waals surface area contributed by atoms with Crippen molar-refractivity contribution in [3.05, 3.63) is 29.8 Å². The SMILES string of the molecule is CC1(C)OB(c2cccc(C3(OC(F)(F)F)CCCC3)c2)OC1(C)C. The minimum absolute atomic E-state index is 0.360. The molecule has 7 heteroatoms. The molecule has 0 amide bonds. The Labute approximate surface area is 147 Å². The van der Waals surface area contributed by atoms with Gasteiger partial charge in [-0.15, -0.1) is 13.2 Å². The van der Waals surface area contributed by atoms with E-state index in [1.54, 1.807) is 18.2 Å². The van der Waals surface area contributed by atoms with E-state index < -0.39 is 30.3 Å². The fourth-order valence-electron chi connectivity index (χ4n) is 3.57. The first-order valence-corrected chi connectivity index (χ1v) is 8.67. The fourth-order valence-corrected chi connectivity index (χ4v) is 3.57. The summed E-state index contributed by atoms with van der Waals surface area (Å²) in [5.74, 6) is 0. The molecule has 0 aromatic heterocycles. The van der Waals surface area contributed by atoms with E-state index in [9.17, 15) is 13.2 Å². The maximum Gasteiger partial charge on any atom is 0.523 e. The van der Waals surface area contributed by atoms with Gasteiger partial charge in [0, 0.05) is 0 Å². The number of hydrogen-bond donors (Lipinski definition) is 0. The van der Waals surface area contributed by atoms with Crippen molar-refractivity contribution in [2.45, 2.75) is 76.5 Å². The molecule has 1 aliphatic heterocycles. The van der Waals surface area contributed by atoms with Crippen molar-refractivity contribution in [2.75, 3.05) is 0 Å². The van der Waals surface area contributed by atoms with E-state index >= 15 is 0 Å². The van der Waals surface area contributed by atoms with E-state index in [0.29, 0.717) is 23.9 Å². The summed E-state index contributed by atoms with van der Waals surface area (Å²) in [6, 6.07) is 7.00. The highest BCUT2D eigenvalue weighted by Crippen LogP contribution is 2.46. The van der Waals surface area contributed by atoms with Gasteiger partial charge < -0.3 is 9.31 Å². The molecule has 0 spiro atoms. The van der Waals surface area contributed by atoms with Gasteiger partial charge in [0.1, 0.15) is 5.60 Å². The number of hydrogen-bond acceptors (Lipinski definition) is 3. The monoisotopic (exact) mass is 356 g/mol.